The molecule has 0 spiro atoms. The molecule has 0 saturated heterocycles. The summed E-state index contributed by atoms with van der Waals surface area (Å²) in [5, 5.41) is 0. The summed E-state index contributed by atoms with van der Waals surface area (Å²) in [6.45, 7) is 2.12. The molecule has 0 unspecified atom stereocenters. The average molecular weight is 275 g/mol. The molecule has 0 N–H and O–H groups in total. The van der Waals surface area contributed by atoms with Gasteiger partial charge < -0.3 is 13.6 Å². The summed E-state index contributed by atoms with van der Waals surface area (Å²) in [5.74, 6) is 1.69. The normalized spacial score (nSPS) is 14.4. The van der Waals surface area contributed by atoms with Gasteiger partial charge in [0.15, 0.2) is 5.89 Å². The molecule has 106 valence electrons. The number of aryl methyl sites for hydroxylation is 2. The molecule has 20 heavy (non-hydrogen) atoms. The van der Waals surface area contributed by atoms with Crippen molar-refractivity contribution in [3.05, 3.63) is 41.5 Å². The maximum atomic E-state index is 11.9. The SMILES string of the molecule is CCOC(=O)c1oc(CCc2ccco2)nc1C1CC1. The Labute approximate surface area is 116 Å². The quantitative estimate of drug-likeness (QED) is 0.758. The molecule has 1 fully saturated rings. The van der Waals surface area contributed by atoms with Crippen molar-refractivity contribution in [1.29, 1.82) is 0 Å². The minimum absolute atomic E-state index is 0.281. The smallest absolute Gasteiger partial charge is 0.376 e. The van der Waals surface area contributed by atoms with Crippen LogP contribution in [0.2, 0.25) is 0 Å². The Morgan fingerprint density at radius 2 is 2.30 bits per heavy atom. The fourth-order valence-electron chi connectivity index (χ4n) is 2.15. The summed E-state index contributed by atoms with van der Waals surface area (Å²) in [5.41, 5.74) is 0.762. The van der Waals surface area contributed by atoms with Crippen LogP contribution >= 0.6 is 0 Å². The van der Waals surface area contributed by atoms with E-state index in [0.29, 0.717) is 31.3 Å². The molecule has 0 bridgehead atoms. The van der Waals surface area contributed by atoms with Gasteiger partial charge in [-0.2, -0.15) is 0 Å². The van der Waals surface area contributed by atoms with Gasteiger partial charge in [-0.15, -0.1) is 0 Å². The minimum Gasteiger partial charge on any atom is -0.469 e. The van der Waals surface area contributed by atoms with Crippen molar-refractivity contribution in [3.8, 4) is 0 Å². The highest BCUT2D eigenvalue weighted by atomic mass is 16.5. The molecular weight excluding hydrogens is 258 g/mol. The van der Waals surface area contributed by atoms with Crippen LogP contribution in [0, 0.1) is 0 Å². The molecule has 5 heteroatoms. The molecule has 0 radical (unpaired) electrons. The molecule has 3 rings (SSSR count). The van der Waals surface area contributed by atoms with Gasteiger partial charge in [0.1, 0.15) is 5.76 Å². The molecule has 5 nitrogen and oxygen atoms in total. The highest BCUT2D eigenvalue weighted by molar-refractivity contribution is 5.87. The van der Waals surface area contributed by atoms with Crippen LogP contribution in [0.25, 0.3) is 0 Å². The number of nitrogens with zero attached hydrogens (tertiary/aromatic N) is 1. The average Bonchev–Trinajstić information content (AvgIpc) is 3.00. The Hall–Kier alpha value is -2.04. The number of carbonyl (C=O) groups excluding carboxylic acids is 1. The first-order valence-electron chi connectivity index (χ1n) is 6.97. The standard InChI is InChI=1S/C15H17NO4/c1-2-18-15(17)14-13(10-5-6-10)16-12(20-14)8-7-11-4-3-9-19-11/h3-4,9-10H,2,5-8H2,1H3. The number of oxazole rings is 1. The van der Waals surface area contributed by atoms with Crippen LogP contribution in [-0.4, -0.2) is 17.6 Å². The third-order valence-electron chi connectivity index (χ3n) is 3.29. The number of hydrogen-bond acceptors (Lipinski definition) is 5. The van der Waals surface area contributed by atoms with E-state index in [-0.39, 0.29) is 5.76 Å². The van der Waals surface area contributed by atoms with Gasteiger partial charge in [-0.3, -0.25) is 0 Å². The van der Waals surface area contributed by atoms with Crippen LogP contribution in [-0.2, 0) is 17.6 Å². The maximum Gasteiger partial charge on any atom is 0.376 e. The van der Waals surface area contributed by atoms with E-state index in [9.17, 15) is 4.79 Å². The number of rotatable bonds is 6. The molecule has 0 aliphatic heterocycles. The van der Waals surface area contributed by atoms with Crippen molar-refractivity contribution >= 4 is 5.97 Å². The Kier molecular flexibility index (Phi) is 3.58. The second-order valence-corrected chi connectivity index (χ2v) is 4.90. The van der Waals surface area contributed by atoms with E-state index in [4.69, 9.17) is 13.6 Å². The van der Waals surface area contributed by atoms with Crippen molar-refractivity contribution in [2.75, 3.05) is 6.61 Å². The van der Waals surface area contributed by atoms with E-state index in [2.05, 4.69) is 4.98 Å². The van der Waals surface area contributed by atoms with Crippen LogP contribution < -0.4 is 0 Å². The second kappa shape index (κ2) is 5.53. The monoisotopic (exact) mass is 275 g/mol. The number of hydrogen-bond donors (Lipinski definition) is 0. The number of esters is 1. The van der Waals surface area contributed by atoms with Crippen LogP contribution in [0.5, 0.6) is 0 Å². The van der Waals surface area contributed by atoms with Gasteiger partial charge in [-0.05, 0) is 31.9 Å². The zero-order chi connectivity index (χ0) is 13.9. The lowest BCUT2D eigenvalue weighted by atomic mass is 10.2. The zero-order valence-corrected chi connectivity index (χ0v) is 11.4. The number of aromatic nitrogens is 1. The van der Waals surface area contributed by atoms with E-state index in [1.54, 1.807) is 13.2 Å². The van der Waals surface area contributed by atoms with Crippen LogP contribution in [0.4, 0.5) is 0 Å². The predicted molar refractivity (Wildman–Crippen MR) is 70.6 cm³/mol. The molecule has 1 saturated carbocycles. The lowest BCUT2D eigenvalue weighted by Gasteiger charge is -1.98. The van der Waals surface area contributed by atoms with E-state index in [1.807, 2.05) is 12.1 Å². The summed E-state index contributed by atoms with van der Waals surface area (Å²) < 4.78 is 15.9. The fraction of sp³-hybridized carbons (Fsp3) is 0.467. The van der Waals surface area contributed by atoms with Gasteiger partial charge in [-0.25, -0.2) is 9.78 Å². The highest BCUT2D eigenvalue weighted by Gasteiger charge is 2.34. The summed E-state index contributed by atoms with van der Waals surface area (Å²) in [4.78, 5) is 16.3. The van der Waals surface area contributed by atoms with Crippen LogP contribution in [0.1, 0.15) is 53.6 Å². The van der Waals surface area contributed by atoms with Crippen molar-refractivity contribution < 1.29 is 18.4 Å². The topological polar surface area (TPSA) is 65.5 Å². The predicted octanol–water partition coefficient (Wildman–Crippen LogP) is 3.11. The zero-order valence-electron chi connectivity index (χ0n) is 11.4. The van der Waals surface area contributed by atoms with Gasteiger partial charge >= 0.3 is 5.97 Å². The van der Waals surface area contributed by atoms with E-state index in [0.717, 1.165) is 24.3 Å². The lowest BCUT2D eigenvalue weighted by molar-refractivity contribution is 0.0486. The molecule has 2 aromatic heterocycles. The first kappa shape index (κ1) is 13.0. The van der Waals surface area contributed by atoms with Gasteiger partial charge in [0.25, 0.3) is 0 Å². The molecule has 1 aliphatic carbocycles. The Morgan fingerprint density at radius 3 is 2.95 bits per heavy atom. The third-order valence-corrected chi connectivity index (χ3v) is 3.29. The lowest BCUT2D eigenvalue weighted by Crippen LogP contribution is -2.05. The van der Waals surface area contributed by atoms with E-state index in [1.165, 1.54) is 0 Å². The first-order valence-corrected chi connectivity index (χ1v) is 6.97. The Bertz CT molecular complexity index is 581. The molecule has 1 aliphatic rings. The summed E-state index contributed by atoms with van der Waals surface area (Å²) in [7, 11) is 0. The van der Waals surface area contributed by atoms with E-state index < -0.39 is 5.97 Å². The number of furan rings is 1. The first-order chi connectivity index (χ1) is 9.78. The molecule has 2 heterocycles. The van der Waals surface area contributed by atoms with Gasteiger partial charge in [0, 0.05) is 18.8 Å². The van der Waals surface area contributed by atoms with Gasteiger partial charge in [-0.1, -0.05) is 0 Å². The number of carbonyl (C=O) groups is 1. The third kappa shape index (κ3) is 2.76. The van der Waals surface area contributed by atoms with Crippen LogP contribution in [0.15, 0.2) is 27.2 Å². The summed E-state index contributed by atoms with van der Waals surface area (Å²) in [6.07, 6.45) is 5.10. The molecule has 0 aromatic carbocycles. The van der Waals surface area contributed by atoms with Crippen molar-refractivity contribution in [2.24, 2.45) is 0 Å². The summed E-state index contributed by atoms with van der Waals surface area (Å²) in [6, 6.07) is 3.77. The highest BCUT2D eigenvalue weighted by Crippen LogP contribution is 2.41. The fourth-order valence-corrected chi connectivity index (χ4v) is 2.15. The van der Waals surface area contributed by atoms with Crippen molar-refractivity contribution in [2.45, 2.75) is 38.5 Å². The summed E-state index contributed by atoms with van der Waals surface area (Å²) >= 11 is 0. The Morgan fingerprint density at radius 1 is 1.45 bits per heavy atom. The largest absolute Gasteiger partial charge is 0.469 e. The molecular formula is C15H17NO4. The number of ether oxygens (including phenoxy) is 1. The van der Waals surface area contributed by atoms with E-state index >= 15 is 0 Å². The van der Waals surface area contributed by atoms with Gasteiger partial charge in [0.05, 0.1) is 18.6 Å². The minimum atomic E-state index is -0.411. The Balaban J connectivity index is 1.74. The molecule has 0 amide bonds. The molecule has 2 aromatic rings. The van der Waals surface area contributed by atoms with Crippen molar-refractivity contribution in [1.82, 2.24) is 4.98 Å². The van der Waals surface area contributed by atoms with Crippen LogP contribution in [0.3, 0.4) is 0 Å². The molecule has 0 atom stereocenters. The van der Waals surface area contributed by atoms with Crippen molar-refractivity contribution in [3.63, 3.8) is 0 Å². The second-order valence-electron chi connectivity index (χ2n) is 4.90. The van der Waals surface area contributed by atoms with Gasteiger partial charge in [0.2, 0.25) is 5.76 Å². The maximum absolute atomic E-state index is 11.9.